The highest BCUT2D eigenvalue weighted by Gasteiger charge is 2.43. The van der Waals surface area contributed by atoms with Crippen LogP contribution >= 0.6 is 0 Å². The SMILES string of the molecule is CNC1OC1c1nn(CC2(c3cccc4[nH]ncc34)CCCC2)cc(O)c1=O. The molecular weight excluding hydrogens is 358 g/mol. The van der Waals surface area contributed by atoms with E-state index in [9.17, 15) is 9.90 Å². The van der Waals surface area contributed by atoms with Gasteiger partial charge in [-0.3, -0.25) is 19.9 Å². The number of rotatable bonds is 5. The molecule has 2 aliphatic rings. The molecule has 0 bridgehead atoms. The summed E-state index contributed by atoms with van der Waals surface area (Å²) < 4.78 is 7.17. The van der Waals surface area contributed by atoms with E-state index in [-0.39, 0.29) is 23.1 Å². The number of likely N-dealkylation sites (N-methyl/N-ethyl adjacent to an activating group) is 1. The molecule has 8 heteroatoms. The first-order valence-corrected chi connectivity index (χ1v) is 9.67. The van der Waals surface area contributed by atoms with Crippen molar-refractivity contribution in [3.8, 4) is 5.75 Å². The van der Waals surface area contributed by atoms with E-state index >= 15 is 0 Å². The molecule has 0 amide bonds. The van der Waals surface area contributed by atoms with Crippen LogP contribution in [0.2, 0.25) is 0 Å². The van der Waals surface area contributed by atoms with Gasteiger partial charge in [0.1, 0.15) is 18.0 Å². The number of hydrogen-bond acceptors (Lipinski definition) is 6. The number of aromatic amines is 1. The Bertz CT molecular complexity index is 1080. The summed E-state index contributed by atoms with van der Waals surface area (Å²) in [4.78, 5) is 12.3. The standard InChI is InChI=1S/C20H23N5O3/c1-21-19-18(28-19)16-17(27)15(26)10-25(24-16)11-20(7-2-3-8-20)13-5-4-6-14-12(13)9-22-23-14/h4-6,9-10,18-19,21,26H,2-3,7-8,11H2,1H3,(H,22,23). The van der Waals surface area contributed by atoms with Crippen molar-refractivity contribution in [2.24, 2.45) is 0 Å². The van der Waals surface area contributed by atoms with Crippen LogP contribution in [0.4, 0.5) is 0 Å². The van der Waals surface area contributed by atoms with E-state index in [4.69, 9.17) is 4.74 Å². The minimum absolute atomic E-state index is 0.109. The summed E-state index contributed by atoms with van der Waals surface area (Å²) in [6.07, 6.45) is 7.02. The van der Waals surface area contributed by atoms with Gasteiger partial charge in [0, 0.05) is 10.8 Å². The Morgan fingerprint density at radius 3 is 2.96 bits per heavy atom. The van der Waals surface area contributed by atoms with E-state index in [1.54, 1.807) is 11.7 Å². The number of benzene rings is 1. The Balaban J connectivity index is 1.57. The first kappa shape index (κ1) is 17.4. The molecule has 1 saturated carbocycles. The Kier molecular flexibility index (Phi) is 3.99. The number of epoxide rings is 1. The van der Waals surface area contributed by atoms with Gasteiger partial charge in [0.25, 0.3) is 0 Å². The smallest absolute Gasteiger partial charge is 0.247 e. The van der Waals surface area contributed by atoms with Crippen molar-refractivity contribution in [3.05, 3.63) is 52.1 Å². The third-order valence-electron chi connectivity index (χ3n) is 6.10. The van der Waals surface area contributed by atoms with Crippen molar-refractivity contribution in [1.29, 1.82) is 0 Å². The monoisotopic (exact) mass is 381 g/mol. The molecule has 28 heavy (non-hydrogen) atoms. The predicted octanol–water partition coefficient (Wildman–Crippen LogP) is 1.95. The molecule has 0 spiro atoms. The maximum atomic E-state index is 12.3. The van der Waals surface area contributed by atoms with Crippen LogP contribution in [-0.4, -0.2) is 38.4 Å². The van der Waals surface area contributed by atoms with E-state index in [1.165, 1.54) is 11.8 Å². The second-order valence-corrected chi connectivity index (χ2v) is 7.82. The highest BCUT2D eigenvalue weighted by molar-refractivity contribution is 5.82. The summed E-state index contributed by atoms with van der Waals surface area (Å²) in [7, 11) is 1.77. The molecule has 2 atom stereocenters. The Morgan fingerprint density at radius 1 is 1.39 bits per heavy atom. The van der Waals surface area contributed by atoms with Gasteiger partial charge >= 0.3 is 0 Å². The fraction of sp³-hybridized carbons (Fsp3) is 0.450. The molecule has 1 aliphatic heterocycles. The van der Waals surface area contributed by atoms with Gasteiger partial charge in [-0.05, 0) is 31.5 Å². The Labute approximate surface area is 161 Å². The van der Waals surface area contributed by atoms with Gasteiger partial charge < -0.3 is 9.84 Å². The molecule has 2 fully saturated rings. The van der Waals surface area contributed by atoms with Gasteiger partial charge in [-0.15, -0.1) is 0 Å². The van der Waals surface area contributed by atoms with Crippen molar-refractivity contribution in [3.63, 3.8) is 0 Å². The van der Waals surface area contributed by atoms with Crippen LogP contribution in [0.1, 0.15) is 43.0 Å². The molecule has 3 N–H and O–H groups in total. The first-order chi connectivity index (χ1) is 13.6. The number of ether oxygens (including phenoxy) is 1. The number of nitrogens with zero attached hydrogens (tertiary/aromatic N) is 3. The zero-order valence-electron chi connectivity index (χ0n) is 15.7. The van der Waals surface area contributed by atoms with Crippen molar-refractivity contribution in [1.82, 2.24) is 25.3 Å². The van der Waals surface area contributed by atoms with Crippen LogP contribution < -0.4 is 10.7 Å². The zero-order valence-corrected chi connectivity index (χ0v) is 15.7. The maximum Gasteiger partial charge on any atom is 0.247 e. The summed E-state index contributed by atoms with van der Waals surface area (Å²) in [5.74, 6) is -0.287. The second-order valence-electron chi connectivity index (χ2n) is 7.82. The third-order valence-corrected chi connectivity index (χ3v) is 6.10. The third kappa shape index (κ3) is 2.71. The van der Waals surface area contributed by atoms with Crippen LogP contribution in [0.25, 0.3) is 10.9 Å². The minimum Gasteiger partial charge on any atom is -0.503 e. The van der Waals surface area contributed by atoms with Gasteiger partial charge in [0.15, 0.2) is 5.75 Å². The fourth-order valence-electron chi connectivity index (χ4n) is 4.66. The Hall–Kier alpha value is -2.71. The number of aromatic hydroxyl groups is 1. The van der Waals surface area contributed by atoms with Crippen molar-refractivity contribution in [2.45, 2.75) is 50.0 Å². The molecule has 5 rings (SSSR count). The summed E-state index contributed by atoms with van der Waals surface area (Å²) >= 11 is 0. The molecule has 0 radical (unpaired) electrons. The zero-order chi connectivity index (χ0) is 19.3. The van der Waals surface area contributed by atoms with Crippen molar-refractivity contribution < 1.29 is 9.84 Å². The highest BCUT2D eigenvalue weighted by atomic mass is 16.6. The normalized spacial score (nSPS) is 23.3. The molecule has 1 saturated heterocycles. The number of H-pyrrole nitrogens is 1. The number of nitrogens with one attached hydrogen (secondary N) is 2. The van der Waals surface area contributed by atoms with Gasteiger partial charge in [-0.1, -0.05) is 25.0 Å². The van der Waals surface area contributed by atoms with Gasteiger partial charge in [0.2, 0.25) is 5.43 Å². The molecular formula is C20H23N5O3. The van der Waals surface area contributed by atoms with Gasteiger partial charge in [-0.2, -0.15) is 10.2 Å². The molecule has 1 aliphatic carbocycles. The first-order valence-electron chi connectivity index (χ1n) is 9.67. The highest BCUT2D eigenvalue weighted by Crippen LogP contribution is 2.45. The van der Waals surface area contributed by atoms with Crippen molar-refractivity contribution in [2.75, 3.05) is 7.05 Å². The van der Waals surface area contributed by atoms with E-state index in [0.717, 1.165) is 36.6 Å². The van der Waals surface area contributed by atoms with Crippen LogP contribution in [0.5, 0.6) is 5.75 Å². The summed E-state index contributed by atoms with van der Waals surface area (Å²) in [5.41, 5.74) is 1.95. The summed E-state index contributed by atoms with van der Waals surface area (Å²) in [6, 6.07) is 6.24. The lowest BCUT2D eigenvalue weighted by Gasteiger charge is -2.31. The van der Waals surface area contributed by atoms with E-state index in [2.05, 4.69) is 26.7 Å². The van der Waals surface area contributed by atoms with E-state index < -0.39 is 11.5 Å². The second kappa shape index (κ2) is 6.42. The Morgan fingerprint density at radius 2 is 2.21 bits per heavy atom. The van der Waals surface area contributed by atoms with E-state index in [1.807, 2.05) is 18.3 Å². The molecule has 3 aromatic rings. The lowest BCUT2D eigenvalue weighted by atomic mass is 9.77. The number of fused-ring (bicyclic) bond motifs is 1. The fourth-order valence-corrected chi connectivity index (χ4v) is 4.66. The molecule has 2 unspecified atom stereocenters. The van der Waals surface area contributed by atoms with Gasteiger partial charge in [0.05, 0.1) is 24.5 Å². The van der Waals surface area contributed by atoms with Crippen LogP contribution in [-0.2, 0) is 16.7 Å². The lowest BCUT2D eigenvalue weighted by Crippen LogP contribution is -2.31. The largest absolute Gasteiger partial charge is 0.503 e. The average Bonchev–Trinajstić information content (AvgIpc) is 3.08. The van der Waals surface area contributed by atoms with E-state index in [0.29, 0.717) is 6.54 Å². The minimum atomic E-state index is -0.462. The maximum absolute atomic E-state index is 12.3. The van der Waals surface area contributed by atoms with Crippen molar-refractivity contribution >= 4 is 10.9 Å². The van der Waals surface area contributed by atoms with Crippen LogP contribution in [0, 0.1) is 0 Å². The predicted molar refractivity (Wildman–Crippen MR) is 103 cm³/mol. The quantitative estimate of drug-likeness (QED) is 0.583. The number of aromatic nitrogens is 4. The lowest BCUT2D eigenvalue weighted by molar-refractivity contribution is 0.329. The van der Waals surface area contributed by atoms with Crippen LogP contribution in [0.3, 0.4) is 0 Å². The molecule has 1 aromatic carbocycles. The average molecular weight is 381 g/mol. The molecule has 3 heterocycles. The topological polar surface area (TPSA) is 108 Å². The molecule has 146 valence electrons. The van der Waals surface area contributed by atoms with Gasteiger partial charge in [-0.25, -0.2) is 0 Å². The molecule has 2 aromatic heterocycles. The number of hydrogen-bond donors (Lipinski definition) is 3. The summed E-state index contributed by atoms with van der Waals surface area (Å²) in [5, 5.41) is 26.1. The van der Waals surface area contributed by atoms with Crippen LogP contribution in [0.15, 0.2) is 35.4 Å². The summed E-state index contributed by atoms with van der Waals surface area (Å²) in [6.45, 7) is 0.592. The molecule has 8 nitrogen and oxygen atoms in total.